The minimum Gasteiger partial charge on any atom is -0.535 e. The van der Waals surface area contributed by atoms with E-state index in [0.717, 1.165) is 0 Å². The lowest BCUT2D eigenvalue weighted by atomic mass is 10.3. The average molecular weight is 163 g/mol. The minimum atomic E-state index is 0.444. The Bertz CT molecular complexity index is 262. The van der Waals surface area contributed by atoms with E-state index < -0.39 is 0 Å². The Hall–Kier alpha value is -1.42. The van der Waals surface area contributed by atoms with Crippen molar-refractivity contribution in [2.75, 3.05) is 0 Å². The molecule has 1 N–H and O–H groups in total. The fourth-order valence-electron chi connectivity index (χ4n) is 0.791. The van der Waals surface area contributed by atoms with Gasteiger partial charge in [0.1, 0.15) is 5.75 Å². The molecule has 1 aromatic carbocycles. The fraction of sp³-hybridized carbons (Fsp3) is 0. The maximum Gasteiger partial charge on any atom is 0.569 e. The Morgan fingerprint density at radius 3 is 2.58 bits per heavy atom. The molecular formula is C8H8BO3. The molecule has 3 nitrogen and oxygen atoms in total. The second-order valence-electron chi connectivity index (χ2n) is 1.95. The zero-order chi connectivity index (χ0) is 8.81. The number of ether oxygens (including phenoxy) is 1. The van der Waals surface area contributed by atoms with Crippen LogP contribution in [0.25, 0.3) is 0 Å². The lowest BCUT2D eigenvalue weighted by molar-refractivity contribution is 0.416. The maximum atomic E-state index is 8.38. The van der Waals surface area contributed by atoms with E-state index in [1.54, 1.807) is 24.3 Å². The van der Waals surface area contributed by atoms with E-state index in [2.05, 4.69) is 6.58 Å². The van der Waals surface area contributed by atoms with Crippen molar-refractivity contribution in [2.24, 2.45) is 0 Å². The lowest BCUT2D eigenvalue weighted by Crippen LogP contribution is -2.00. The molecule has 0 aliphatic rings. The highest BCUT2D eigenvalue weighted by Crippen LogP contribution is 2.25. The van der Waals surface area contributed by atoms with Crippen molar-refractivity contribution in [3.05, 3.63) is 37.1 Å². The Labute approximate surface area is 71.6 Å². The highest BCUT2D eigenvalue weighted by atomic mass is 16.5. The second kappa shape index (κ2) is 4.46. The predicted molar refractivity (Wildman–Crippen MR) is 45.9 cm³/mol. The summed E-state index contributed by atoms with van der Waals surface area (Å²) in [7, 11) is 0.602. The van der Waals surface area contributed by atoms with Crippen LogP contribution in [-0.2, 0) is 0 Å². The quantitative estimate of drug-likeness (QED) is 0.533. The van der Waals surface area contributed by atoms with Crippen LogP contribution < -0.4 is 9.39 Å². The molecule has 1 radical (unpaired) electrons. The number of hydrogen-bond donors (Lipinski definition) is 1. The second-order valence-corrected chi connectivity index (χ2v) is 1.95. The molecule has 0 heterocycles. The molecule has 0 fully saturated rings. The molecule has 0 aliphatic carbocycles. The molecule has 0 bridgehead atoms. The van der Waals surface area contributed by atoms with Crippen molar-refractivity contribution in [1.82, 2.24) is 0 Å². The zero-order valence-electron chi connectivity index (χ0n) is 6.43. The molecule has 0 amide bonds. The van der Waals surface area contributed by atoms with E-state index in [1.165, 1.54) is 6.26 Å². The molecule has 12 heavy (non-hydrogen) atoms. The summed E-state index contributed by atoms with van der Waals surface area (Å²) >= 11 is 0. The van der Waals surface area contributed by atoms with Crippen LogP contribution in [0.5, 0.6) is 11.5 Å². The SMILES string of the molecule is C=COc1ccccc1O[B]O. The first-order valence-corrected chi connectivity index (χ1v) is 3.37. The summed E-state index contributed by atoms with van der Waals surface area (Å²) < 4.78 is 9.74. The highest BCUT2D eigenvalue weighted by Gasteiger charge is 2.01. The highest BCUT2D eigenvalue weighted by molar-refractivity contribution is 6.17. The van der Waals surface area contributed by atoms with Gasteiger partial charge in [0.05, 0.1) is 6.26 Å². The third kappa shape index (κ3) is 2.03. The summed E-state index contributed by atoms with van der Waals surface area (Å²) in [5.41, 5.74) is 0. The summed E-state index contributed by atoms with van der Waals surface area (Å²) in [6, 6.07) is 6.95. The van der Waals surface area contributed by atoms with Crippen LogP contribution >= 0.6 is 0 Å². The van der Waals surface area contributed by atoms with Crippen LogP contribution in [0.2, 0.25) is 0 Å². The molecule has 0 aliphatic heterocycles. The third-order valence-corrected chi connectivity index (χ3v) is 1.24. The number of benzene rings is 1. The van der Waals surface area contributed by atoms with Crippen molar-refractivity contribution in [3.8, 4) is 11.5 Å². The summed E-state index contributed by atoms with van der Waals surface area (Å²) in [6.07, 6.45) is 1.29. The minimum absolute atomic E-state index is 0.444. The third-order valence-electron chi connectivity index (χ3n) is 1.24. The lowest BCUT2D eigenvalue weighted by Gasteiger charge is -2.06. The standard InChI is InChI=1S/C8H8BO3/c1-2-11-7-5-3-4-6-8(7)12-9-10/h2-6,10H,1H2. The van der Waals surface area contributed by atoms with Crippen LogP contribution in [0.3, 0.4) is 0 Å². The summed E-state index contributed by atoms with van der Waals surface area (Å²) in [4.78, 5) is 0. The van der Waals surface area contributed by atoms with E-state index in [0.29, 0.717) is 19.2 Å². The fourth-order valence-corrected chi connectivity index (χ4v) is 0.791. The van der Waals surface area contributed by atoms with Gasteiger partial charge in [-0.1, -0.05) is 18.7 Å². The molecule has 0 atom stereocenters. The van der Waals surface area contributed by atoms with Gasteiger partial charge in [0.2, 0.25) is 0 Å². The molecular weight excluding hydrogens is 155 g/mol. The van der Waals surface area contributed by atoms with Crippen molar-refractivity contribution in [2.45, 2.75) is 0 Å². The maximum absolute atomic E-state index is 8.38. The van der Waals surface area contributed by atoms with Gasteiger partial charge >= 0.3 is 7.69 Å². The molecule has 0 spiro atoms. The van der Waals surface area contributed by atoms with Gasteiger partial charge in [-0.2, -0.15) is 0 Å². The van der Waals surface area contributed by atoms with Gasteiger partial charge in [-0.25, -0.2) is 0 Å². The summed E-state index contributed by atoms with van der Waals surface area (Å²) in [5.74, 6) is 0.956. The van der Waals surface area contributed by atoms with E-state index in [4.69, 9.17) is 14.4 Å². The van der Waals surface area contributed by atoms with Gasteiger partial charge < -0.3 is 14.4 Å². The Kier molecular flexibility index (Phi) is 3.23. The zero-order valence-corrected chi connectivity index (χ0v) is 6.43. The molecule has 1 rings (SSSR count). The Morgan fingerprint density at radius 1 is 1.33 bits per heavy atom. The topological polar surface area (TPSA) is 38.7 Å². The number of rotatable bonds is 4. The molecule has 1 aromatic rings. The monoisotopic (exact) mass is 163 g/mol. The summed E-state index contributed by atoms with van der Waals surface area (Å²) in [6.45, 7) is 3.41. The van der Waals surface area contributed by atoms with Crippen LogP contribution in [0, 0.1) is 0 Å². The number of hydrogen-bond acceptors (Lipinski definition) is 3. The normalized spacial score (nSPS) is 8.75. The smallest absolute Gasteiger partial charge is 0.535 e. The van der Waals surface area contributed by atoms with Crippen LogP contribution in [0.1, 0.15) is 0 Å². The van der Waals surface area contributed by atoms with Gasteiger partial charge in [-0.15, -0.1) is 0 Å². The molecule has 61 valence electrons. The van der Waals surface area contributed by atoms with Crippen LogP contribution in [-0.4, -0.2) is 12.7 Å². The molecule has 4 heteroatoms. The molecule has 0 unspecified atom stereocenters. The first-order valence-electron chi connectivity index (χ1n) is 3.37. The van der Waals surface area contributed by atoms with E-state index in [1.807, 2.05) is 0 Å². The first-order chi connectivity index (χ1) is 5.88. The van der Waals surface area contributed by atoms with E-state index >= 15 is 0 Å². The van der Waals surface area contributed by atoms with Crippen molar-refractivity contribution in [1.29, 1.82) is 0 Å². The molecule has 0 saturated carbocycles. The average Bonchev–Trinajstić information content (AvgIpc) is 2.09. The van der Waals surface area contributed by atoms with Crippen molar-refractivity contribution >= 4 is 7.69 Å². The number of para-hydroxylation sites is 2. The first kappa shape index (κ1) is 8.68. The Balaban J connectivity index is 2.83. The largest absolute Gasteiger partial charge is 0.569 e. The van der Waals surface area contributed by atoms with E-state index in [-0.39, 0.29) is 0 Å². The molecule has 0 saturated heterocycles. The van der Waals surface area contributed by atoms with Gasteiger partial charge in [0.15, 0.2) is 5.75 Å². The van der Waals surface area contributed by atoms with Crippen molar-refractivity contribution in [3.63, 3.8) is 0 Å². The van der Waals surface area contributed by atoms with E-state index in [9.17, 15) is 0 Å². The predicted octanol–water partition coefficient (Wildman–Crippen LogP) is 1.11. The summed E-state index contributed by atoms with van der Waals surface area (Å²) in [5, 5.41) is 8.38. The van der Waals surface area contributed by atoms with Gasteiger partial charge in [-0.05, 0) is 12.1 Å². The van der Waals surface area contributed by atoms with Gasteiger partial charge in [-0.3, -0.25) is 0 Å². The van der Waals surface area contributed by atoms with Gasteiger partial charge in [0.25, 0.3) is 0 Å². The van der Waals surface area contributed by atoms with Crippen LogP contribution in [0.4, 0.5) is 0 Å². The van der Waals surface area contributed by atoms with Gasteiger partial charge in [0, 0.05) is 0 Å². The molecule has 0 aromatic heterocycles. The van der Waals surface area contributed by atoms with Crippen LogP contribution in [0.15, 0.2) is 37.1 Å². The Morgan fingerprint density at radius 2 is 2.00 bits per heavy atom. The van der Waals surface area contributed by atoms with Crippen molar-refractivity contribution < 1.29 is 14.4 Å².